The minimum Gasteiger partial charge on any atom is -0.463 e. The van der Waals surface area contributed by atoms with E-state index in [1.54, 1.807) is 18.6 Å². The number of hydrogen-bond acceptors (Lipinski definition) is 10. The molecule has 1 amide bonds. The number of nitrogens with zero attached hydrogens (tertiary/aromatic N) is 1. The second kappa shape index (κ2) is 20.6. The number of esters is 1. The van der Waals surface area contributed by atoms with Gasteiger partial charge in [-0.25, -0.2) is 8.42 Å². The SMILES string of the molecule is CC(C)OC/C(N)=N/O.CC(C)OCC(=O)NS(C)(=O)=O.CC(C)OCCOC(=O)C(C)C. The van der Waals surface area contributed by atoms with Gasteiger partial charge in [0.2, 0.25) is 10.0 Å². The van der Waals surface area contributed by atoms with Gasteiger partial charge in [-0.3, -0.25) is 14.3 Å². The number of amides is 1. The summed E-state index contributed by atoms with van der Waals surface area (Å²) in [5.41, 5.74) is 5.10. The van der Waals surface area contributed by atoms with Gasteiger partial charge in [-0.05, 0) is 41.5 Å². The Morgan fingerprint density at radius 1 is 0.879 bits per heavy atom. The van der Waals surface area contributed by atoms with E-state index < -0.39 is 15.9 Å². The van der Waals surface area contributed by atoms with Crippen molar-refractivity contribution in [2.45, 2.75) is 73.7 Å². The Labute approximate surface area is 198 Å². The van der Waals surface area contributed by atoms with E-state index >= 15 is 0 Å². The summed E-state index contributed by atoms with van der Waals surface area (Å²) in [6.07, 6.45) is 1.14. The quantitative estimate of drug-likeness (QED) is 0.0881. The number of rotatable bonds is 12. The molecule has 0 bridgehead atoms. The molecule has 0 aromatic heterocycles. The van der Waals surface area contributed by atoms with E-state index in [1.165, 1.54) is 0 Å². The Hall–Kier alpha value is -1.96. The standard InChI is InChI=1S/C9H18O3.C6H13NO4S.C5H12N2O2/c1-7(2)9(10)12-6-5-11-8(3)4;1-5(2)11-4-6(8)7-12(3,9)10;1-4(2)9-3-5(6)7-8/h7-8H,5-6H2,1-4H3;5H,4H2,1-3H3,(H,7,8);4,8H,3H2,1-2H3,(H2,6,7). The molecule has 0 heterocycles. The van der Waals surface area contributed by atoms with Crippen LogP contribution >= 0.6 is 0 Å². The molecule has 0 unspecified atom stereocenters. The maximum Gasteiger partial charge on any atom is 0.308 e. The van der Waals surface area contributed by atoms with Gasteiger partial charge in [0, 0.05) is 0 Å². The van der Waals surface area contributed by atoms with Crippen molar-refractivity contribution >= 4 is 27.7 Å². The number of nitrogens with one attached hydrogen (secondary N) is 1. The largest absolute Gasteiger partial charge is 0.463 e. The van der Waals surface area contributed by atoms with Gasteiger partial charge in [0.25, 0.3) is 5.91 Å². The number of carbonyl (C=O) groups excluding carboxylic acids is 2. The third kappa shape index (κ3) is 34.8. The molecule has 0 saturated carbocycles. The molecule has 0 aromatic carbocycles. The number of hydrogen-bond donors (Lipinski definition) is 3. The average Bonchev–Trinajstić information content (AvgIpc) is 2.67. The van der Waals surface area contributed by atoms with Crippen molar-refractivity contribution in [3.8, 4) is 0 Å². The maximum atomic E-state index is 10.9. The Morgan fingerprint density at radius 2 is 1.33 bits per heavy atom. The van der Waals surface area contributed by atoms with Gasteiger partial charge < -0.3 is 29.9 Å². The first-order valence-electron chi connectivity index (χ1n) is 10.5. The van der Waals surface area contributed by atoms with E-state index in [9.17, 15) is 18.0 Å². The molecule has 0 fully saturated rings. The summed E-state index contributed by atoms with van der Waals surface area (Å²) in [6, 6.07) is 0. The molecule has 0 aliphatic carbocycles. The molecule has 0 aliphatic heterocycles. The molecule has 0 radical (unpaired) electrons. The summed E-state index contributed by atoms with van der Waals surface area (Å²) in [5.74, 6) is -0.763. The van der Waals surface area contributed by atoms with Crippen LogP contribution in [0.1, 0.15) is 55.4 Å². The van der Waals surface area contributed by atoms with Crippen LogP contribution in [0.2, 0.25) is 0 Å². The van der Waals surface area contributed by atoms with E-state index in [1.807, 2.05) is 41.5 Å². The predicted molar refractivity (Wildman–Crippen MR) is 125 cm³/mol. The third-order valence-corrected chi connectivity index (χ3v) is 3.39. The van der Waals surface area contributed by atoms with Gasteiger partial charge in [-0.1, -0.05) is 19.0 Å². The highest BCUT2D eigenvalue weighted by molar-refractivity contribution is 7.89. The minimum atomic E-state index is -3.45. The lowest BCUT2D eigenvalue weighted by molar-refractivity contribution is -0.149. The molecule has 0 spiro atoms. The lowest BCUT2D eigenvalue weighted by atomic mass is 10.2. The van der Waals surface area contributed by atoms with Crippen LogP contribution in [0, 0.1) is 5.92 Å². The first-order chi connectivity index (χ1) is 15.0. The van der Waals surface area contributed by atoms with Crippen LogP contribution in [0.15, 0.2) is 5.16 Å². The minimum absolute atomic E-state index is 0.0518. The van der Waals surface area contributed by atoms with Gasteiger partial charge in [0.05, 0.1) is 37.1 Å². The van der Waals surface area contributed by atoms with Crippen LogP contribution in [0.3, 0.4) is 0 Å². The van der Waals surface area contributed by atoms with Crippen molar-refractivity contribution in [2.24, 2.45) is 16.8 Å². The topological polar surface area (TPSA) is 176 Å². The zero-order valence-corrected chi connectivity index (χ0v) is 22.1. The van der Waals surface area contributed by atoms with Crippen molar-refractivity contribution in [3.05, 3.63) is 0 Å². The number of sulfonamides is 1. The number of amidine groups is 1. The highest BCUT2D eigenvalue weighted by atomic mass is 32.2. The zero-order valence-electron chi connectivity index (χ0n) is 21.3. The zero-order chi connectivity index (χ0) is 26.6. The van der Waals surface area contributed by atoms with Crippen LogP contribution in [-0.2, 0) is 38.6 Å². The van der Waals surface area contributed by atoms with Gasteiger partial charge in [-0.2, -0.15) is 0 Å². The number of carbonyl (C=O) groups is 2. The van der Waals surface area contributed by atoms with Crippen LogP contribution in [-0.4, -0.2) is 82.3 Å². The molecule has 198 valence electrons. The Balaban J connectivity index is -0.000000414. The summed E-state index contributed by atoms with van der Waals surface area (Å²) < 4.78 is 42.7. The number of nitrogens with two attached hydrogens (primary N) is 1. The fraction of sp³-hybridized carbons (Fsp3) is 0.850. The smallest absolute Gasteiger partial charge is 0.308 e. The number of ether oxygens (including phenoxy) is 4. The molecule has 0 aliphatic rings. The normalized spacial score (nSPS) is 11.6. The predicted octanol–water partition coefficient (Wildman–Crippen LogP) is 1.26. The van der Waals surface area contributed by atoms with E-state index in [0.29, 0.717) is 13.2 Å². The van der Waals surface area contributed by atoms with Crippen LogP contribution in [0.5, 0.6) is 0 Å². The maximum absolute atomic E-state index is 10.9. The summed E-state index contributed by atoms with van der Waals surface area (Å²) in [6.45, 7) is 15.6. The summed E-state index contributed by atoms with van der Waals surface area (Å²) in [4.78, 5) is 21.7. The van der Waals surface area contributed by atoms with E-state index in [-0.39, 0.29) is 49.2 Å². The second-order valence-electron chi connectivity index (χ2n) is 7.85. The first-order valence-corrected chi connectivity index (χ1v) is 12.4. The van der Waals surface area contributed by atoms with Crippen molar-refractivity contribution in [3.63, 3.8) is 0 Å². The molecule has 12 nitrogen and oxygen atoms in total. The highest BCUT2D eigenvalue weighted by Gasteiger charge is 2.08. The summed E-state index contributed by atoms with van der Waals surface area (Å²) in [7, 11) is -3.45. The van der Waals surface area contributed by atoms with Crippen molar-refractivity contribution < 1.29 is 42.2 Å². The summed E-state index contributed by atoms with van der Waals surface area (Å²) >= 11 is 0. The van der Waals surface area contributed by atoms with E-state index in [2.05, 4.69) is 5.16 Å². The molecular weight excluding hydrogens is 458 g/mol. The second-order valence-corrected chi connectivity index (χ2v) is 9.60. The van der Waals surface area contributed by atoms with E-state index in [0.717, 1.165) is 6.26 Å². The van der Waals surface area contributed by atoms with Crippen molar-refractivity contribution in [1.82, 2.24) is 4.72 Å². The molecule has 0 rings (SSSR count). The van der Waals surface area contributed by atoms with E-state index in [4.69, 9.17) is 29.9 Å². The van der Waals surface area contributed by atoms with Gasteiger partial charge in [0.1, 0.15) is 19.8 Å². The Bertz CT molecular complexity index is 649. The fourth-order valence-electron chi connectivity index (χ4n) is 1.35. The van der Waals surface area contributed by atoms with Gasteiger partial charge in [-0.15, -0.1) is 0 Å². The first kappa shape index (κ1) is 35.6. The van der Waals surface area contributed by atoms with Crippen molar-refractivity contribution in [1.29, 1.82) is 0 Å². The monoisotopic (exact) mass is 501 g/mol. The molecule has 13 heteroatoms. The molecule has 33 heavy (non-hydrogen) atoms. The highest BCUT2D eigenvalue weighted by Crippen LogP contribution is 1.96. The summed E-state index contributed by atoms with van der Waals surface area (Å²) in [5, 5.41) is 10.8. The Morgan fingerprint density at radius 3 is 1.70 bits per heavy atom. The van der Waals surface area contributed by atoms with Gasteiger partial charge in [0.15, 0.2) is 5.84 Å². The molecule has 0 aromatic rings. The molecule has 0 atom stereocenters. The fourth-order valence-corrected chi connectivity index (χ4v) is 1.82. The molecule has 0 saturated heterocycles. The average molecular weight is 502 g/mol. The van der Waals surface area contributed by atoms with Crippen LogP contribution < -0.4 is 10.5 Å². The lowest BCUT2D eigenvalue weighted by Crippen LogP contribution is -2.33. The number of oxime groups is 1. The lowest BCUT2D eigenvalue weighted by Gasteiger charge is -2.09. The molecule has 4 N–H and O–H groups in total. The van der Waals surface area contributed by atoms with Crippen LogP contribution in [0.25, 0.3) is 0 Å². The third-order valence-electron chi connectivity index (χ3n) is 2.79. The molecular formula is C20H43N3O9S. The Kier molecular flexibility index (Phi) is 22.3. The van der Waals surface area contributed by atoms with Crippen LogP contribution in [0.4, 0.5) is 0 Å². The van der Waals surface area contributed by atoms with Crippen molar-refractivity contribution in [2.75, 3.05) is 32.7 Å². The van der Waals surface area contributed by atoms with Gasteiger partial charge >= 0.3 is 5.97 Å².